The molecule has 5 atom stereocenters. The number of rotatable bonds is 3. The van der Waals surface area contributed by atoms with Gasteiger partial charge < -0.3 is 29.0 Å². The number of amides is 1. The Morgan fingerprint density at radius 1 is 0.923 bits per heavy atom. The molecule has 1 amide bonds. The topological polar surface area (TPSA) is 75.3 Å². The molecule has 1 aromatic rings. The molecule has 3 aliphatic heterocycles. The maximum atomic E-state index is 12.8. The molecular formula is C19H25NO6. The molecule has 0 spiro atoms. The van der Waals surface area contributed by atoms with Gasteiger partial charge in [-0.3, -0.25) is 4.79 Å². The van der Waals surface area contributed by atoms with Gasteiger partial charge in [-0.25, -0.2) is 0 Å². The van der Waals surface area contributed by atoms with Gasteiger partial charge >= 0.3 is 0 Å². The van der Waals surface area contributed by atoms with Crippen LogP contribution in [0, 0.1) is 0 Å². The zero-order chi connectivity index (χ0) is 18.5. The summed E-state index contributed by atoms with van der Waals surface area (Å²) in [4.78, 5) is 12.8. The van der Waals surface area contributed by atoms with Gasteiger partial charge in [0.1, 0.15) is 18.3 Å². The SMILES string of the molecule is CC1(C)O[C@@H]2O[C@H](C(=O)NCc3ccccc3)[C@@H]3OC(C)(C)O[C@@H]3[C@@H]2O1. The van der Waals surface area contributed by atoms with Crippen molar-refractivity contribution >= 4 is 5.91 Å². The van der Waals surface area contributed by atoms with Crippen LogP contribution in [0.15, 0.2) is 30.3 Å². The summed E-state index contributed by atoms with van der Waals surface area (Å²) in [5.74, 6) is -1.87. The molecule has 0 bridgehead atoms. The van der Waals surface area contributed by atoms with Crippen LogP contribution in [0.5, 0.6) is 0 Å². The minimum atomic E-state index is -0.829. The highest BCUT2D eigenvalue weighted by Crippen LogP contribution is 2.44. The van der Waals surface area contributed by atoms with Crippen molar-refractivity contribution in [2.45, 2.75) is 76.5 Å². The van der Waals surface area contributed by atoms with Crippen molar-refractivity contribution in [1.82, 2.24) is 5.32 Å². The zero-order valence-corrected chi connectivity index (χ0v) is 15.4. The minimum Gasteiger partial charge on any atom is -0.350 e. The van der Waals surface area contributed by atoms with Crippen LogP contribution < -0.4 is 5.32 Å². The van der Waals surface area contributed by atoms with Crippen LogP contribution in [0.1, 0.15) is 33.3 Å². The fraction of sp³-hybridized carbons (Fsp3) is 0.632. The Morgan fingerprint density at radius 3 is 2.27 bits per heavy atom. The summed E-state index contributed by atoms with van der Waals surface area (Å²) in [5.41, 5.74) is 1.01. The Kier molecular flexibility index (Phi) is 4.32. The van der Waals surface area contributed by atoms with Crippen LogP contribution in [0.25, 0.3) is 0 Å². The van der Waals surface area contributed by atoms with Gasteiger partial charge in [0.15, 0.2) is 24.0 Å². The summed E-state index contributed by atoms with van der Waals surface area (Å²) in [5, 5.41) is 2.91. The molecule has 0 radical (unpaired) electrons. The third-order valence-corrected chi connectivity index (χ3v) is 4.72. The Labute approximate surface area is 152 Å². The monoisotopic (exact) mass is 363 g/mol. The normalized spacial score (nSPS) is 37.0. The van der Waals surface area contributed by atoms with Gasteiger partial charge in [0.05, 0.1) is 0 Å². The first-order chi connectivity index (χ1) is 12.2. The van der Waals surface area contributed by atoms with E-state index in [0.29, 0.717) is 6.54 Å². The Hall–Kier alpha value is -1.51. The van der Waals surface area contributed by atoms with Crippen molar-refractivity contribution in [2.24, 2.45) is 0 Å². The molecule has 4 rings (SSSR count). The first-order valence-corrected chi connectivity index (χ1v) is 8.92. The average Bonchev–Trinajstić information content (AvgIpc) is 3.06. The predicted octanol–water partition coefficient (Wildman–Crippen LogP) is 1.70. The van der Waals surface area contributed by atoms with Crippen LogP contribution in [-0.4, -0.2) is 48.2 Å². The highest BCUT2D eigenvalue weighted by molar-refractivity contribution is 5.81. The Morgan fingerprint density at radius 2 is 1.54 bits per heavy atom. The lowest BCUT2D eigenvalue weighted by molar-refractivity contribution is -0.231. The number of hydrogen-bond acceptors (Lipinski definition) is 6. The Balaban J connectivity index is 1.51. The smallest absolute Gasteiger partial charge is 0.252 e. The number of hydrogen-bond donors (Lipinski definition) is 1. The molecule has 0 saturated carbocycles. The van der Waals surface area contributed by atoms with E-state index in [9.17, 15) is 4.79 Å². The van der Waals surface area contributed by atoms with Gasteiger partial charge in [-0.2, -0.15) is 0 Å². The second kappa shape index (κ2) is 6.28. The van der Waals surface area contributed by atoms with Crippen LogP contribution >= 0.6 is 0 Å². The summed E-state index contributed by atoms with van der Waals surface area (Å²) in [7, 11) is 0. The summed E-state index contributed by atoms with van der Waals surface area (Å²) in [6.45, 7) is 7.68. The van der Waals surface area contributed by atoms with E-state index in [1.807, 2.05) is 58.0 Å². The van der Waals surface area contributed by atoms with E-state index in [1.165, 1.54) is 0 Å². The largest absolute Gasteiger partial charge is 0.350 e. The maximum Gasteiger partial charge on any atom is 0.252 e. The molecule has 142 valence electrons. The average molecular weight is 363 g/mol. The van der Waals surface area contributed by atoms with Crippen LogP contribution in [0.4, 0.5) is 0 Å². The number of carbonyl (C=O) groups is 1. The van der Waals surface area contributed by atoms with Crippen molar-refractivity contribution in [3.63, 3.8) is 0 Å². The summed E-state index contributed by atoms with van der Waals surface area (Å²) < 4.78 is 29.7. The van der Waals surface area contributed by atoms with Gasteiger partial charge in [0.2, 0.25) is 0 Å². The van der Waals surface area contributed by atoms with Crippen molar-refractivity contribution < 1.29 is 28.5 Å². The molecule has 3 aliphatic rings. The van der Waals surface area contributed by atoms with Gasteiger partial charge in [-0.05, 0) is 33.3 Å². The van der Waals surface area contributed by atoms with Crippen molar-refractivity contribution in [3.05, 3.63) is 35.9 Å². The lowest BCUT2D eigenvalue weighted by Gasteiger charge is -2.36. The van der Waals surface area contributed by atoms with Crippen molar-refractivity contribution in [3.8, 4) is 0 Å². The molecule has 0 unspecified atom stereocenters. The van der Waals surface area contributed by atoms with E-state index in [-0.39, 0.29) is 5.91 Å². The maximum absolute atomic E-state index is 12.8. The molecule has 26 heavy (non-hydrogen) atoms. The molecule has 3 heterocycles. The van der Waals surface area contributed by atoms with E-state index >= 15 is 0 Å². The number of ether oxygens (including phenoxy) is 5. The van der Waals surface area contributed by atoms with Gasteiger partial charge in [-0.1, -0.05) is 30.3 Å². The second-order valence-corrected chi connectivity index (χ2v) is 7.79. The van der Waals surface area contributed by atoms with Crippen molar-refractivity contribution in [2.75, 3.05) is 0 Å². The minimum absolute atomic E-state index is 0.253. The Bertz CT molecular complexity index is 676. The first kappa shape index (κ1) is 17.9. The molecule has 0 aromatic heterocycles. The third-order valence-electron chi connectivity index (χ3n) is 4.72. The number of fused-ring (bicyclic) bond motifs is 3. The van der Waals surface area contributed by atoms with Gasteiger partial charge in [0, 0.05) is 6.54 Å². The quantitative estimate of drug-likeness (QED) is 0.881. The fourth-order valence-corrected chi connectivity index (χ4v) is 3.71. The van der Waals surface area contributed by atoms with E-state index in [2.05, 4.69) is 5.32 Å². The fourth-order valence-electron chi connectivity index (χ4n) is 3.71. The molecule has 7 heteroatoms. The molecule has 7 nitrogen and oxygen atoms in total. The van der Waals surface area contributed by atoms with Crippen LogP contribution in [0.2, 0.25) is 0 Å². The van der Waals surface area contributed by atoms with Gasteiger partial charge in [-0.15, -0.1) is 0 Å². The summed E-state index contributed by atoms with van der Waals surface area (Å²) >= 11 is 0. The highest BCUT2D eigenvalue weighted by atomic mass is 16.9. The summed E-state index contributed by atoms with van der Waals surface area (Å²) in [6, 6.07) is 9.71. The highest BCUT2D eigenvalue weighted by Gasteiger charge is 2.62. The van der Waals surface area contributed by atoms with Crippen molar-refractivity contribution in [1.29, 1.82) is 0 Å². The molecule has 0 aliphatic carbocycles. The molecule has 1 N–H and O–H groups in total. The number of nitrogens with one attached hydrogen (secondary N) is 1. The standard InChI is InChI=1S/C19H25NO6/c1-18(2)23-12-13(24-18)15-17(26-19(3,4)25-15)22-14(12)16(21)20-10-11-8-6-5-7-9-11/h5-9,12-15,17H,10H2,1-4H3,(H,20,21)/t12-,13+,14+,15+,17+/m1/s1. The van der Waals surface area contributed by atoms with E-state index in [1.54, 1.807) is 0 Å². The van der Waals surface area contributed by atoms with E-state index < -0.39 is 42.3 Å². The second-order valence-electron chi connectivity index (χ2n) is 7.79. The molecular weight excluding hydrogens is 338 g/mol. The van der Waals surface area contributed by atoms with Crippen LogP contribution in [0.3, 0.4) is 0 Å². The third kappa shape index (κ3) is 3.37. The van der Waals surface area contributed by atoms with E-state index in [0.717, 1.165) is 5.56 Å². The number of carbonyl (C=O) groups excluding carboxylic acids is 1. The van der Waals surface area contributed by atoms with Gasteiger partial charge in [0.25, 0.3) is 5.91 Å². The molecule has 3 fully saturated rings. The first-order valence-electron chi connectivity index (χ1n) is 8.92. The lowest BCUT2D eigenvalue weighted by Crippen LogP contribution is -2.59. The zero-order valence-electron chi connectivity index (χ0n) is 15.4. The molecule has 3 saturated heterocycles. The summed E-state index contributed by atoms with van der Waals surface area (Å²) in [6.07, 6.45) is -2.92. The lowest BCUT2D eigenvalue weighted by atomic mass is 9.98. The van der Waals surface area contributed by atoms with Crippen LogP contribution in [-0.2, 0) is 35.0 Å². The number of benzene rings is 1. The van der Waals surface area contributed by atoms with E-state index in [4.69, 9.17) is 23.7 Å². The molecule has 1 aromatic carbocycles. The predicted molar refractivity (Wildman–Crippen MR) is 90.8 cm³/mol.